The van der Waals surface area contributed by atoms with Gasteiger partial charge in [0.2, 0.25) is 6.29 Å². The highest BCUT2D eigenvalue weighted by atomic mass is 35.5. The van der Waals surface area contributed by atoms with Gasteiger partial charge in [-0.05, 0) is 78.6 Å². The van der Waals surface area contributed by atoms with Crippen LogP contribution in [0.5, 0.6) is 34.5 Å². The Bertz CT molecular complexity index is 1440. The van der Waals surface area contributed by atoms with Crippen molar-refractivity contribution in [1.82, 2.24) is 0 Å². The molecule has 0 saturated carbocycles. The molecule has 0 radical (unpaired) electrons. The quantitative estimate of drug-likeness (QED) is 0.233. The van der Waals surface area contributed by atoms with Crippen LogP contribution < -0.4 is 18.9 Å². The molecule has 0 fully saturated rings. The first-order chi connectivity index (χ1) is 17.7. The maximum absolute atomic E-state index is 14.8. The van der Waals surface area contributed by atoms with Crippen molar-refractivity contribution in [3.63, 3.8) is 0 Å². The minimum atomic E-state index is -0.566. The monoisotopic (exact) mass is 542 g/mol. The maximum Gasteiger partial charge on any atom is 0.242 e. The lowest BCUT2D eigenvalue weighted by Gasteiger charge is -2.17. The predicted molar refractivity (Wildman–Crippen MR) is 139 cm³/mol. The highest BCUT2D eigenvalue weighted by molar-refractivity contribution is 6.34. The van der Waals surface area contributed by atoms with E-state index in [1.807, 2.05) is 13.8 Å². The van der Waals surface area contributed by atoms with Crippen LogP contribution in [0.1, 0.15) is 30.4 Å². The normalized spacial score (nSPS) is 14.9. The summed E-state index contributed by atoms with van der Waals surface area (Å²) in [5.41, 5.74) is 1.57. The summed E-state index contributed by atoms with van der Waals surface area (Å²) in [6, 6.07) is 19.3. The van der Waals surface area contributed by atoms with Crippen LogP contribution in [-0.2, 0) is 0 Å². The molecular formula is C29H22Cl2F2O4. The minimum Gasteiger partial charge on any atom is -0.454 e. The van der Waals surface area contributed by atoms with Gasteiger partial charge in [0.05, 0.1) is 0 Å². The molecule has 2 atom stereocenters. The Kier molecular flexibility index (Phi) is 7.13. The van der Waals surface area contributed by atoms with Gasteiger partial charge in [-0.3, -0.25) is 0 Å². The Morgan fingerprint density at radius 1 is 0.757 bits per heavy atom. The second kappa shape index (κ2) is 10.5. The number of rotatable bonds is 7. The van der Waals surface area contributed by atoms with Crippen molar-refractivity contribution >= 4 is 23.2 Å². The van der Waals surface area contributed by atoms with E-state index in [1.54, 1.807) is 60.7 Å². The van der Waals surface area contributed by atoms with E-state index in [4.69, 9.17) is 42.1 Å². The molecule has 8 heteroatoms. The van der Waals surface area contributed by atoms with Gasteiger partial charge < -0.3 is 18.9 Å². The molecule has 0 aromatic heterocycles. The smallest absolute Gasteiger partial charge is 0.242 e. The van der Waals surface area contributed by atoms with E-state index >= 15 is 0 Å². The van der Waals surface area contributed by atoms with E-state index in [0.29, 0.717) is 39.5 Å². The van der Waals surface area contributed by atoms with E-state index in [0.717, 1.165) is 11.1 Å². The fourth-order valence-corrected chi connectivity index (χ4v) is 4.51. The van der Waals surface area contributed by atoms with Crippen LogP contribution in [0, 0.1) is 18.6 Å². The number of hydrogen-bond donors (Lipinski definition) is 0. The zero-order valence-electron chi connectivity index (χ0n) is 19.9. The molecule has 0 saturated heterocycles. The molecule has 2 unspecified atom stereocenters. The Morgan fingerprint density at radius 2 is 1.41 bits per heavy atom. The summed E-state index contributed by atoms with van der Waals surface area (Å²) >= 11 is 12.0. The maximum atomic E-state index is 14.8. The third kappa shape index (κ3) is 5.92. The lowest BCUT2D eigenvalue weighted by atomic mass is 9.97. The molecule has 5 rings (SSSR count). The van der Waals surface area contributed by atoms with Gasteiger partial charge in [-0.25, -0.2) is 8.78 Å². The van der Waals surface area contributed by atoms with Gasteiger partial charge in [0, 0.05) is 22.5 Å². The van der Waals surface area contributed by atoms with Crippen LogP contribution in [0.3, 0.4) is 0 Å². The van der Waals surface area contributed by atoms with Gasteiger partial charge >= 0.3 is 0 Å². The molecule has 4 aromatic carbocycles. The van der Waals surface area contributed by atoms with E-state index in [1.165, 1.54) is 12.1 Å². The molecule has 0 bridgehead atoms. The lowest BCUT2D eigenvalue weighted by molar-refractivity contribution is 0.0367. The molecule has 1 aliphatic heterocycles. The second-order valence-electron chi connectivity index (χ2n) is 8.84. The average Bonchev–Trinajstić information content (AvgIpc) is 3.23. The van der Waals surface area contributed by atoms with Crippen molar-refractivity contribution in [1.29, 1.82) is 0 Å². The molecule has 0 N–H and O–H groups in total. The number of ether oxygens (including phenoxy) is 4. The molecule has 0 aliphatic carbocycles. The average molecular weight is 543 g/mol. The van der Waals surface area contributed by atoms with E-state index in [2.05, 4.69) is 0 Å². The second-order valence-corrected chi connectivity index (χ2v) is 9.72. The molecule has 0 amide bonds. The minimum absolute atomic E-state index is 0.0626. The first-order valence-corrected chi connectivity index (χ1v) is 12.3. The summed E-state index contributed by atoms with van der Waals surface area (Å²) in [5, 5.41) is 0.790. The standard InChI is InChI=1S/C29H22Cl2F2O4/c1-16-3-6-25(23(32)9-16)34-21-5-8-27-28(15-21)37-29(36-27)10-17(2)18-4-7-26(24(33)11-18)35-22-13-19(30)12-20(31)14-22/h3-9,11-15,17,29H,10H2,1-2H3. The largest absolute Gasteiger partial charge is 0.454 e. The molecule has 0 spiro atoms. The predicted octanol–water partition coefficient (Wildman–Crippen LogP) is 9.46. The topological polar surface area (TPSA) is 36.9 Å². The van der Waals surface area contributed by atoms with Crippen LogP contribution in [0.15, 0.2) is 72.8 Å². The summed E-state index contributed by atoms with van der Waals surface area (Å²) in [7, 11) is 0. The lowest BCUT2D eigenvalue weighted by Crippen LogP contribution is -2.20. The van der Waals surface area contributed by atoms with Crippen molar-refractivity contribution < 1.29 is 27.7 Å². The summed E-state index contributed by atoms with van der Waals surface area (Å²) < 4.78 is 52.1. The van der Waals surface area contributed by atoms with Crippen LogP contribution >= 0.6 is 23.2 Å². The van der Waals surface area contributed by atoms with Crippen LogP contribution in [-0.4, -0.2) is 6.29 Å². The molecule has 1 heterocycles. The molecule has 1 aliphatic rings. The first kappa shape index (κ1) is 25.2. The number of benzene rings is 4. The van der Waals surface area contributed by atoms with Gasteiger partial charge in [-0.1, -0.05) is 42.3 Å². The number of fused-ring (bicyclic) bond motifs is 1. The van der Waals surface area contributed by atoms with Crippen molar-refractivity contribution in [2.24, 2.45) is 0 Å². The highest BCUT2D eigenvalue weighted by Crippen LogP contribution is 2.41. The van der Waals surface area contributed by atoms with Gasteiger partial charge in [-0.2, -0.15) is 0 Å². The molecule has 4 aromatic rings. The molecular weight excluding hydrogens is 521 g/mol. The van der Waals surface area contributed by atoms with Crippen LogP contribution in [0.2, 0.25) is 10.0 Å². The molecule has 37 heavy (non-hydrogen) atoms. The fourth-order valence-electron chi connectivity index (χ4n) is 4.01. The third-order valence-corrected chi connectivity index (χ3v) is 6.32. The summed E-state index contributed by atoms with van der Waals surface area (Å²) in [5.74, 6) is 0.984. The van der Waals surface area contributed by atoms with E-state index in [-0.39, 0.29) is 17.4 Å². The van der Waals surface area contributed by atoms with Crippen molar-refractivity contribution in [3.05, 3.63) is 106 Å². The molecule has 4 nitrogen and oxygen atoms in total. The zero-order valence-corrected chi connectivity index (χ0v) is 21.4. The summed E-state index contributed by atoms with van der Waals surface area (Å²) in [6.45, 7) is 3.76. The van der Waals surface area contributed by atoms with E-state index < -0.39 is 17.9 Å². The summed E-state index contributed by atoms with van der Waals surface area (Å²) in [4.78, 5) is 0. The first-order valence-electron chi connectivity index (χ1n) is 11.6. The fraction of sp³-hybridized carbons (Fsp3) is 0.172. The Balaban J connectivity index is 1.22. The zero-order chi connectivity index (χ0) is 26.1. The Labute approximate surface area is 223 Å². The number of aryl methyl sites for hydroxylation is 1. The third-order valence-electron chi connectivity index (χ3n) is 5.88. The van der Waals surface area contributed by atoms with Gasteiger partial charge in [0.1, 0.15) is 11.5 Å². The molecule has 190 valence electrons. The van der Waals surface area contributed by atoms with Gasteiger partial charge in [0.25, 0.3) is 0 Å². The number of hydrogen-bond acceptors (Lipinski definition) is 4. The van der Waals surface area contributed by atoms with Crippen LogP contribution in [0.25, 0.3) is 0 Å². The Morgan fingerprint density at radius 3 is 2.11 bits per heavy atom. The van der Waals surface area contributed by atoms with Crippen molar-refractivity contribution in [2.75, 3.05) is 0 Å². The van der Waals surface area contributed by atoms with Crippen LogP contribution in [0.4, 0.5) is 8.78 Å². The summed E-state index contributed by atoms with van der Waals surface area (Å²) in [6.07, 6.45) is -0.0926. The van der Waals surface area contributed by atoms with Gasteiger partial charge in [0.15, 0.2) is 34.6 Å². The Hall–Kier alpha value is -3.48. The van der Waals surface area contributed by atoms with Gasteiger partial charge in [-0.15, -0.1) is 0 Å². The highest BCUT2D eigenvalue weighted by Gasteiger charge is 2.27. The SMILES string of the molecule is Cc1ccc(Oc2ccc3c(c2)OC(CC(C)c2ccc(Oc4cc(Cl)cc(Cl)c4)c(F)c2)O3)c(F)c1. The van der Waals surface area contributed by atoms with Crippen molar-refractivity contribution in [2.45, 2.75) is 32.5 Å². The van der Waals surface area contributed by atoms with E-state index in [9.17, 15) is 8.78 Å². The van der Waals surface area contributed by atoms with Crippen molar-refractivity contribution in [3.8, 4) is 34.5 Å². The number of halogens is 4.